The SMILES string of the molecule is CNC(=O)COc1ccc(CC(C)N(C)C[C]=O)cc1. The fourth-order valence-corrected chi connectivity index (χ4v) is 1.70. The normalized spacial score (nSPS) is 12.0. The first-order valence-electron chi connectivity index (χ1n) is 6.54. The summed E-state index contributed by atoms with van der Waals surface area (Å²) in [6, 6.07) is 7.88. The molecule has 0 aliphatic heterocycles. The number of carbonyl (C=O) groups excluding carboxylic acids is 2. The molecule has 0 aliphatic rings. The minimum Gasteiger partial charge on any atom is -0.484 e. The van der Waals surface area contributed by atoms with Crippen molar-refractivity contribution in [2.75, 3.05) is 27.2 Å². The van der Waals surface area contributed by atoms with Crippen LogP contribution in [-0.2, 0) is 16.0 Å². The Labute approximate surface area is 119 Å². The van der Waals surface area contributed by atoms with Gasteiger partial charge in [0.1, 0.15) is 5.75 Å². The van der Waals surface area contributed by atoms with E-state index in [-0.39, 0.29) is 18.6 Å². The highest BCUT2D eigenvalue weighted by atomic mass is 16.5. The topological polar surface area (TPSA) is 58.6 Å². The summed E-state index contributed by atoms with van der Waals surface area (Å²) in [5, 5.41) is 2.50. The molecular formula is C15H21N2O3. The molecule has 0 aromatic heterocycles. The summed E-state index contributed by atoms with van der Waals surface area (Å²) in [7, 11) is 3.47. The van der Waals surface area contributed by atoms with Gasteiger partial charge in [-0.1, -0.05) is 12.1 Å². The first kappa shape index (κ1) is 16.2. The van der Waals surface area contributed by atoms with E-state index in [0.29, 0.717) is 12.3 Å². The Morgan fingerprint density at radius 1 is 1.40 bits per heavy atom. The van der Waals surface area contributed by atoms with Crippen LogP contribution in [0.1, 0.15) is 12.5 Å². The third-order valence-corrected chi connectivity index (χ3v) is 3.17. The number of nitrogens with zero attached hydrogens (tertiary/aromatic N) is 1. The van der Waals surface area contributed by atoms with Gasteiger partial charge in [0.05, 0.1) is 6.54 Å². The minimum absolute atomic E-state index is 0.0180. The molecule has 0 aliphatic carbocycles. The van der Waals surface area contributed by atoms with E-state index in [1.807, 2.05) is 42.5 Å². The lowest BCUT2D eigenvalue weighted by Gasteiger charge is -2.22. The number of hydrogen-bond donors (Lipinski definition) is 1. The van der Waals surface area contributed by atoms with E-state index in [0.717, 1.165) is 12.0 Å². The Morgan fingerprint density at radius 3 is 2.60 bits per heavy atom. The van der Waals surface area contributed by atoms with Crippen molar-refractivity contribution in [1.82, 2.24) is 10.2 Å². The Kier molecular flexibility index (Phi) is 6.73. The highest BCUT2D eigenvalue weighted by Crippen LogP contribution is 2.14. The number of likely N-dealkylation sites (N-methyl/N-ethyl adjacent to an activating group) is 2. The predicted molar refractivity (Wildman–Crippen MR) is 77.5 cm³/mol. The van der Waals surface area contributed by atoms with Crippen molar-refractivity contribution in [1.29, 1.82) is 0 Å². The first-order valence-corrected chi connectivity index (χ1v) is 6.54. The number of carbonyl (C=O) groups is 1. The summed E-state index contributed by atoms with van der Waals surface area (Å²) >= 11 is 0. The third-order valence-electron chi connectivity index (χ3n) is 3.17. The summed E-state index contributed by atoms with van der Waals surface area (Å²) in [5.74, 6) is 0.508. The lowest BCUT2D eigenvalue weighted by Crippen LogP contribution is -2.32. The maximum absolute atomic E-state index is 11.1. The zero-order valence-corrected chi connectivity index (χ0v) is 12.2. The van der Waals surface area contributed by atoms with E-state index in [1.165, 1.54) is 0 Å². The van der Waals surface area contributed by atoms with Crippen LogP contribution in [0.4, 0.5) is 0 Å². The van der Waals surface area contributed by atoms with Gasteiger partial charge in [-0.25, -0.2) is 0 Å². The van der Waals surface area contributed by atoms with Crippen LogP contribution in [0.25, 0.3) is 0 Å². The highest BCUT2D eigenvalue weighted by Gasteiger charge is 2.09. The summed E-state index contributed by atoms with van der Waals surface area (Å²) in [5.41, 5.74) is 1.16. The maximum atomic E-state index is 11.1. The number of nitrogens with one attached hydrogen (secondary N) is 1. The van der Waals surface area contributed by atoms with Crippen LogP contribution in [0.15, 0.2) is 24.3 Å². The largest absolute Gasteiger partial charge is 0.484 e. The van der Waals surface area contributed by atoms with Crippen LogP contribution in [0.2, 0.25) is 0 Å². The lowest BCUT2D eigenvalue weighted by atomic mass is 10.1. The van der Waals surface area contributed by atoms with E-state index >= 15 is 0 Å². The standard InChI is InChI=1S/C15H21N2O3/c1-12(17(3)8-9-18)10-13-4-6-14(7-5-13)20-11-15(19)16-2/h4-7,12H,8,10-11H2,1-3H3,(H,16,19). The zero-order valence-electron chi connectivity index (χ0n) is 12.2. The molecule has 1 radical (unpaired) electrons. The molecule has 5 nitrogen and oxygen atoms in total. The fraction of sp³-hybridized carbons (Fsp3) is 0.467. The summed E-state index contributed by atoms with van der Waals surface area (Å²) in [6.45, 7) is 2.39. The second kappa shape index (κ2) is 8.32. The van der Waals surface area contributed by atoms with Crippen LogP contribution in [-0.4, -0.2) is 50.4 Å². The van der Waals surface area contributed by atoms with Crippen LogP contribution < -0.4 is 10.1 Å². The molecule has 109 valence electrons. The molecule has 0 bridgehead atoms. The highest BCUT2D eigenvalue weighted by molar-refractivity contribution is 5.77. The van der Waals surface area contributed by atoms with Crippen LogP contribution in [0, 0.1) is 0 Å². The van der Waals surface area contributed by atoms with Gasteiger partial charge in [-0.15, -0.1) is 0 Å². The Hall–Kier alpha value is -1.88. The number of amides is 1. The van der Waals surface area contributed by atoms with Crippen LogP contribution in [0.5, 0.6) is 5.75 Å². The molecular weight excluding hydrogens is 256 g/mol. The van der Waals surface area contributed by atoms with Crippen molar-refractivity contribution in [3.8, 4) is 5.75 Å². The summed E-state index contributed by atoms with van der Waals surface area (Å²) in [6.07, 6.45) is 2.74. The third kappa shape index (κ3) is 5.40. The molecule has 5 heteroatoms. The summed E-state index contributed by atoms with van der Waals surface area (Å²) < 4.78 is 5.33. The van der Waals surface area contributed by atoms with E-state index in [4.69, 9.17) is 4.74 Å². The second-order valence-electron chi connectivity index (χ2n) is 4.72. The van der Waals surface area contributed by atoms with E-state index < -0.39 is 0 Å². The van der Waals surface area contributed by atoms with Gasteiger partial charge in [-0.3, -0.25) is 14.5 Å². The van der Waals surface area contributed by atoms with Crippen LogP contribution in [0.3, 0.4) is 0 Å². The molecule has 1 aromatic carbocycles. The molecule has 1 aromatic rings. The van der Waals surface area contributed by atoms with Crippen molar-refractivity contribution in [3.63, 3.8) is 0 Å². The quantitative estimate of drug-likeness (QED) is 0.763. The Balaban J connectivity index is 2.49. The average molecular weight is 277 g/mol. The van der Waals surface area contributed by atoms with E-state index in [9.17, 15) is 9.59 Å². The van der Waals surface area contributed by atoms with Crippen molar-refractivity contribution < 1.29 is 14.3 Å². The first-order chi connectivity index (χ1) is 9.56. The van der Waals surface area contributed by atoms with E-state index in [2.05, 4.69) is 12.2 Å². The zero-order chi connectivity index (χ0) is 15.0. The van der Waals surface area contributed by atoms with Crippen LogP contribution >= 0.6 is 0 Å². The van der Waals surface area contributed by atoms with Gasteiger partial charge in [-0.05, 0) is 38.1 Å². The maximum Gasteiger partial charge on any atom is 0.257 e. The molecule has 1 unspecified atom stereocenters. The van der Waals surface area contributed by atoms with Gasteiger partial charge in [0.15, 0.2) is 6.61 Å². The lowest BCUT2D eigenvalue weighted by molar-refractivity contribution is -0.122. The number of rotatable bonds is 8. The van der Waals surface area contributed by atoms with Crippen molar-refractivity contribution in [2.45, 2.75) is 19.4 Å². The summed E-state index contributed by atoms with van der Waals surface area (Å²) in [4.78, 5) is 23.4. The minimum atomic E-state index is -0.158. The van der Waals surface area contributed by atoms with E-state index in [1.54, 1.807) is 7.05 Å². The Morgan fingerprint density at radius 2 is 2.05 bits per heavy atom. The van der Waals surface area contributed by atoms with Gasteiger partial charge < -0.3 is 10.1 Å². The molecule has 20 heavy (non-hydrogen) atoms. The van der Waals surface area contributed by atoms with Gasteiger partial charge in [0.25, 0.3) is 5.91 Å². The van der Waals surface area contributed by atoms with Gasteiger partial charge in [-0.2, -0.15) is 0 Å². The molecule has 1 amide bonds. The molecule has 0 heterocycles. The second-order valence-corrected chi connectivity index (χ2v) is 4.72. The van der Waals surface area contributed by atoms with Gasteiger partial charge in [0.2, 0.25) is 6.29 Å². The molecule has 1 atom stereocenters. The molecule has 0 fully saturated rings. The molecule has 0 saturated heterocycles. The molecule has 1 rings (SSSR count). The fourth-order valence-electron chi connectivity index (χ4n) is 1.70. The average Bonchev–Trinajstić information content (AvgIpc) is 2.46. The number of ether oxygens (including phenoxy) is 1. The van der Waals surface area contributed by atoms with Crippen molar-refractivity contribution in [2.24, 2.45) is 0 Å². The van der Waals surface area contributed by atoms with Gasteiger partial charge >= 0.3 is 0 Å². The molecule has 0 saturated carbocycles. The van der Waals surface area contributed by atoms with Crippen molar-refractivity contribution in [3.05, 3.63) is 29.8 Å². The number of hydrogen-bond acceptors (Lipinski definition) is 4. The van der Waals surface area contributed by atoms with Crippen molar-refractivity contribution >= 4 is 12.2 Å². The molecule has 1 N–H and O–H groups in total. The smallest absolute Gasteiger partial charge is 0.257 e. The number of benzene rings is 1. The molecule has 0 spiro atoms. The Bertz CT molecular complexity index is 431. The monoisotopic (exact) mass is 277 g/mol. The van der Waals surface area contributed by atoms with Gasteiger partial charge in [0, 0.05) is 13.1 Å². The predicted octanol–water partition coefficient (Wildman–Crippen LogP) is 0.784.